The molecule has 7 heteroatoms. The van der Waals surface area contributed by atoms with E-state index in [1.807, 2.05) is 0 Å². The van der Waals surface area contributed by atoms with Crippen molar-refractivity contribution in [2.24, 2.45) is 11.7 Å². The molecule has 0 saturated carbocycles. The van der Waals surface area contributed by atoms with Crippen LogP contribution in [0.3, 0.4) is 0 Å². The van der Waals surface area contributed by atoms with E-state index >= 15 is 0 Å². The summed E-state index contributed by atoms with van der Waals surface area (Å²) >= 11 is 3.99. The van der Waals surface area contributed by atoms with E-state index in [-0.39, 0.29) is 6.04 Å². The fraction of sp³-hybridized carbons (Fsp3) is 0.667. The topological polar surface area (TPSA) is 63.4 Å². The van der Waals surface area contributed by atoms with E-state index in [2.05, 4.69) is 34.0 Å². The van der Waals surface area contributed by atoms with Crippen molar-refractivity contribution < 1.29 is 8.42 Å². The SMILES string of the molecule is CS(=O)(=O)N1CCCC(CC(N)c2csc(I)c2)C1. The monoisotopic (exact) mass is 414 g/mol. The molecule has 0 aliphatic carbocycles. The number of halogens is 1. The van der Waals surface area contributed by atoms with E-state index in [0.717, 1.165) is 19.3 Å². The Kier molecular flexibility index (Phi) is 5.27. The van der Waals surface area contributed by atoms with E-state index in [0.29, 0.717) is 19.0 Å². The summed E-state index contributed by atoms with van der Waals surface area (Å²) in [6.45, 7) is 1.27. The van der Waals surface area contributed by atoms with Gasteiger partial charge < -0.3 is 5.73 Å². The van der Waals surface area contributed by atoms with Gasteiger partial charge in [0.25, 0.3) is 0 Å². The first kappa shape index (κ1) is 15.7. The summed E-state index contributed by atoms with van der Waals surface area (Å²) in [6, 6.07) is 2.14. The molecule has 2 unspecified atom stereocenters. The molecule has 0 bridgehead atoms. The van der Waals surface area contributed by atoms with Crippen LogP contribution in [0.4, 0.5) is 0 Å². The van der Waals surface area contributed by atoms with Crippen LogP contribution in [0.5, 0.6) is 0 Å². The number of nitrogens with two attached hydrogens (primary N) is 1. The minimum Gasteiger partial charge on any atom is -0.324 e. The Morgan fingerprint density at radius 2 is 2.37 bits per heavy atom. The molecule has 2 N–H and O–H groups in total. The van der Waals surface area contributed by atoms with Crippen molar-refractivity contribution in [2.75, 3.05) is 19.3 Å². The van der Waals surface area contributed by atoms with Crippen LogP contribution in [0.1, 0.15) is 30.9 Å². The van der Waals surface area contributed by atoms with Crippen LogP contribution in [0, 0.1) is 8.80 Å². The van der Waals surface area contributed by atoms with Crippen LogP contribution in [0.2, 0.25) is 0 Å². The van der Waals surface area contributed by atoms with Crippen molar-refractivity contribution in [1.29, 1.82) is 0 Å². The second kappa shape index (κ2) is 6.38. The second-order valence-corrected chi connectivity index (χ2v) is 9.94. The Labute approximate surface area is 132 Å². The van der Waals surface area contributed by atoms with Gasteiger partial charge in [0.2, 0.25) is 10.0 Å². The van der Waals surface area contributed by atoms with E-state index in [1.165, 1.54) is 14.7 Å². The molecular formula is C12H19IN2O2S2. The molecule has 0 radical (unpaired) electrons. The molecule has 2 atom stereocenters. The normalized spacial score (nSPS) is 23.4. The average Bonchev–Trinajstić information content (AvgIpc) is 2.75. The lowest BCUT2D eigenvalue weighted by molar-refractivity contribution is 0.247. The van der Waals surface area contributed by atoms with E-state index in [9.17, 15) is 8.42 Å². The van der Waals surface area contributed by atoms with Gasteiger partial charge in [0.05, 0.1) is 9.14 Å². The molecule has 108 valence electrons. The largest absolute Gasteiger partial charge is 0.324 e. The van der Waals surface area contributed by atoms with Crippen molar-refractivity contribution in [3.63, 3.8) is 0 Å². The smallest absolute Gasteiger partial charge is 0.211 e. The maximum Gasteiger partial charge on any atom is 0.211 e. The zero-order valence-electron chi connectivity index (χ0n) is 10.9. The summed E-state index contributed by atoms with van der Waals surface area (Å²) in [4.78, 5) is 0. The van der Waals surface area contributed by atoms with E-state index in [4.69, 9.17) is 5.73 Å². The Balaban J connectivity index is 1.95. The third-order valence-electron chi connectivity index (χ3n) is 3.55. The zero-order valence-corrected chi connectivity index (χ0v) is 14.7. The highest BCUT2D eigenvalue weighted by molar-refractivity contribution is 14.1. The molecule has 2 rings (SSSR count). The maximum absolute atomic E-state index is 11.6. The standard InChI is InChI=1S/C12H19IN2O2S2/c1-19(16,17)15-4-2-3-9(7-15)5-11(14)10-6-12(13)18-8-10/h6,8-9,11H,2-5,7,14H2,1H3. The molecule has 1 aromatic heterocycles. The van der Waals surface area contributed by atoms with Crippen molar-refractivity contribution in [1.82, 2.24) is 4.31 Å². The number of hydrogen-bond donors (Lipinski definition) is 1. The number of nitrogens with zero attached hydrogens (tertiary/aromatic N) is 1. The molecule has 0 spiro atoms. The Morgan fingerprint density at radius 3 is 2.95 bits per heavy atom. The minimum atomic E-state index is -3.06. The van der Waals surface area contributed by atoms with Crippen LogP contribution >= 0.6 is 33.9 Å². The number of rotatable bonds is 4. The molecule has 1 aliphatic heterocycles. The Hall–Kier alpha value is 0.300. The number of piperidine rings is 1. The summed E-state index contributed by atoms with van der Waals surface area (Å²) in [5.41, 5.74) is 7.40. The summed E-state index contributed by atoms with van der Waals surface area (Å²) in [7, 11) is -3.06. The third kappa shape index (κ3) is 4.38. The van der Waals surface area contributed by atoms with Gasteiger partial charge in [-0.15, -0.1) is 11.3 Å². The first-order chi connectivity index (χ1) is 8.86. The van der Waals surface area contributed by atoms with Gasteiger partial charge in [-0.3, -0.25) is 0 Å². The van der Waals surface area contributed by atoms with Gasteiger partial charge in [0.15, 0.2) is 0 Å². The van der Waals surface area contributed by atoms with Gasteiger partial charge in [-0.2, -0.15) is 0 Å². The van der Waals surface area contributed by atoms with Gasteiger partial charge in [-0.25, -0.2) is 12.7 Å². The van der Waals surface area contributed by atoms with Gasteiger partial charge in [0, 0.05) is 19.1 Å². The molecular weight excluding hydrogens is 395 g/mol. The lowest BCUT2D eigenvalue weighted by atomic mass is 9.91. The fourth-order valence-electron chi connectivity index (χ4n) is 2.53. The number of sulfonamides is 1. The van der Waals surface area contributed by atoms with Crippen molar-refractivity contribution in [2.45, 2.75) is 25.3 Å². The highest BCUT2D eigenvalue weighted by Gasteiger charge is 2.27. The number of thiophene rings is 1. The van der Waals surface area contributed by atoms with E-state index < -0.39 is 10.0 Å². The van der Waals surface area contributed by atoms with Gasteiger partial charge in [-0.1, -0.05) is 0 Å². The first-order valence-corrected chi connectivity index (χ1v) is 10.1. The molecule has 19 heavy (non-hydrogen) atoms. The zero-order chi connectivity index (χ0) is 14.0. The average molecular weight is 414 g/mol. The predicted octanol–water partition coefficient (Wildman–Crippen LogP) is 2.41. The Bertz CT molecular complexity index is 530. The second-order valence-electron chi connectivity index (χ2n) is 5.16. The van der Waals surface area contributed by atoms with Crippen LogP contribution in [-0.2, 0) is 10.0 Å². The van der Waals surface area contributed by atoms with Crippen molar-refractivity contribution in [3.05, 3.63) is 19.9 Å². The van der Waals surface area contributed by atoms with Crippen LogP contribution < -0.4 is 5.73 Å². The lowest BCUT2D eigenvalue weighted by Gasteiger charge is -2.32. The molecule has 1 saturated heterocycles. The minimum absolute atomic E-state index is 0.0178. The molecule has 0 aromatic carbocycles. The van der Waals surface area contributed by atoms with Crippen LogP contribution in [0.25, 0.3) is 0 Å². The quantitative estimate of drug-likeness (QED) is 0.770. The van der Waals surface area contributed by atoms with Gasteiger partial charge in [0.1, 0.15) is 0 Å². The summed E-state index contributed by atoms with van der Waals surface area (Å²) in [5.74, 6) is 0.371. The Morgan fingerprint density at radius 1 is 1.63 bits per heavy atom. The third-order valence-corrected chi connectivity index (χ3v) is 6.63. The van der Waals surface area contributed by atoms with E-state index in [1.54, 1.807) is 15.6 Å². The molecule has 1 fully saturated rings. The van der Waals surface area contributed by atoms with Crippen LogP contribution in [-0.4, -0.2) is 32.1 Å². The summed E-state index contributed by atoms with van der Waals surface area (Å²) in [6.07, 6.45) is 4.15. The van der Waals surface area contributed by atoms with Gasteiger partial charge >= 0.3 is 0 Å². The van der Waals surface area contributed by atoms with Gasteiger partial charge in [-0.05, 0) is 64.8 Å². The highest BCUT2D eigenvalue weighted by Crippen LogP contribution is 2.29. The first-order valence-electron chi connectivity index (χ1n) is 6.31. The molecule has 1 aromatic rings. The molecule has 0 amide bonds. The van der Waals surface area contributed by atoms with Crippen molar-refractivity contribution in [3.8, 4) is 0 Å². The number of hydrogen-bond acceptors (Lipinski definition) is 4. The molecule has 2 heterocycles. The van der Waals surface area contributed by atoms with Crippen molar-refractivity contribution >= 4 is 44.0 Å². The molecule has 4 nitrogen and oxygen atoms in total. The highest BCUT2D eigenvalue weighted by atomic mass is 127. The summed E-state index contributed by atoms with van der Waals surface area (Å²) < 4.78 is 26.0. The molecule has 1 aliphatic rings. The maximum atomic E-state index is 11.6. The predicted molar refractivity (Wildman–Crippen MR) is 87.7 cm³/mol. The lowest BCUT2D eigenvalue weighted by Crippen LogP contribution is -2.40. The van der Waals surface area contributed by atoms with Crippen LogP contribution in [0.15, 0.2) is 11.4 Å². The summed E-state index contributed by atoms with van der Waals surface area (Å²) in [5, 5.41) is 2.10. The fourth-order valence-corrected chi connectivity index (χ4v) is 4.91.